The summed E-state index contributed by atoms with van der Waals surface area (Å²) in [5.41, 5.74) is 0.228. The highest BCUT2D eigenvalue weighted by molar-refractivity contribution is 9.10. The van der Waals surface area contributed by atoms with Gasteiger partial charge in [-0.2, -0.15) is 13.2 Å². The van der Waals surface area contributed by atoms with Crippen molar-refractivity contribution in [2.75, 3.05) is 32.1 Å². The molecule has 2 heterocycles. The van der Waals surface area contributed by atoms with Gasteiger partial charge in [0.1, 0.15) is 11.4 Å². The van der Waals surface area contributed by atoms with E-state index in [4.69, 9.17) is 4.74 Å². The second-order valence-electron chi connectivity index (χ2n) is 6.85. The molecule has 152 valence electrons. The highest BCUT2D eigenvalue weighted by atomic mass is 79.9. The van der Waals surface area contributed by atoms with Crippen molar-refractivity contribution < 1.29 is 17.9 Å². The maximum Gasteiger partial charge on any atom is 0.433 e. The lowest BCUT2D eigenvalue weighted by Crippen LogP contribution is -2.46. The maximum absolute atomic E-state index is 12.9. The van der Waals surface area contributed by atoms with Gasteiger partial charge in [0.05, 0.1) is 11.6 Å². The number of benzene rings is 1. The Balaban J connectivity index is 1.68. The van der Waals surface area contributed by atoms with Gasteiger partial charge in [-0.05, 0) is 59.1 Å². The number of anilines is 1. The van der Waals surface area contributed by atoms with E-state index < -0.39 is 11.9 Å². The molecule has 1 aromatic carbocycles. The van der Waals surface area contributed by atoms with Gasteiger partial charge in [-0.1, -0.05) is 6.07 Å². The number of likely N-dealkylation sites (N-methyl/N-ethyl adjacent to an activating group) is 1. The van der Waals surface area contributed by atoms with Crippen LogP contribution in [0.25, 0.3) is 0 Å². The summed E-state index contributed by atoms with van der Waals surface area (Å²) in [7, 11) is 3.38. The average Bonchev–Trinajstić information content (AvgIpc) is 2.67. The fraction of sp³-hybridized carbons (Fsp3) is 0.474. The standard InChI is InChI=1S/C19H22BrF3N4O/c1-26(18-24-8-7-17(25-18)19(21,22)23)14-4-3-9-27(12-14)11-13-5-6-16(28-2)15(20)10-13/h5-8,10,14H,3-4,9,11-12H2,1-2H3. The summed E-state index contributed by atoms with van der Waals surface area (Å²) in [6.07, 6.45) is -1.46. The van der Waals surface area contributed by atoms with E-state index in [1.807, 2.05) is 18.2 Å². The molecule has 1 saturated heterocycles. The fourth-order valence-corrected chi connectivity index (χ4v) is 3.98. The minimum absolute atomic E-state index is 0.0546. The Hall–Kier alpha value is -1.87. The number of ether oxygens (including phenoxy) is 1. The van der Waals surface area contributed by atoms with Crippen molar-refractivity contribution in [3.05, 3.63) is 46.2 Å². The van der Waals surface area contributed by atoms with Gasteiger partial charge in [-0.25, -0.2) is 9.97 Å². The van der Waals surface area contributed by atoms with Gasteiger partial charge in [-0.3, -0.25) is 4.90 Å². The molecular formula is C19H22BrF3N4O. The number of rotatable bonds is 5. The van der Waals surface area contributed by atoms with Crippen molar-refractivity contribution in [1.29, 1.82) is 0 Å². The predicted molar refractivity (Wildman–Crippen MR) is 104 cm³/mol. The van der Waals surface area contributed by atoms with Crippen LogP contribution >= 0.6 is 15.9 Å². The quantitative estimate of drug-likeness (QED) is 0.665. The summed E-state index contributed by atoms with van der Waals surface area (Å²) in [5.74, 6) is 0.885. The molecule has 9 heteroatoms. The molecule has 0 N–H and O–H groups in total. The first-order chi connectivity index (χ1) is 13.3. The smallest absolute Gasteiger partial charge is 0.433 e. The van der Waals surface area contributed by atoms with Crippen molar-refractivity contribution >= 4 is 21.9 Å². The van der Waals surface area contributed by atoms with E-state index in [1.54, 1.807) is 19.1 Å². The van der Waals surface area contributed by atoms with Crippen LogP contribution in [0.15, 0.2) is 34.9 Å². The molecule has 0 radical (unpaired) electrons. The maximum atomic E-state index is 12.9. The van der Waals surface area contributed by atoms with E-state index in [2.05, 4.69) is 30.8 Å². The zero-order valence-corrected chi connectivity index (χ0v) is 17.3. The number of hydrogen-bond acceptors (Lipinski definition) is 5. The van der Waals surface area contributed by atoms with Gasteiger partial charge in [0, 0.05) is 32.4 Å². The largest absolute Gasteiger partial charge is 0.496 e. The van der Waals surface area contributed by atoms with Crippen LogP contribution in [-0.2, 0) is 12.7 Å². The second kappa shape index (κ2) is 8.65. The molecule has 0 spiro atoms. The van der Waals surface area contributed by atoms with Crippen molar-refractivity contribution in [2.45, 2.75) is 31.6 Å². The number of piperidine rings is 1. The molecule has 1 unspecified atom stereocenters. The van der Waals surface area contributed by atoms with Crippen LogP contribution in [0.5, 0.6) is 5.75 Å². The lowest BCUT2D eigenvalue weighted by Gasteiger charge is -2.37. The molecule has 1 aromatic heterocycles. The van der Waals surface area contributed by atoms with Crippen LogP contribution in [0.2, 0.25) is 0 Å². The number of hydrogen-bond donors (Lipinski definition) is 0. The number of likely N-dealkylation sites (tertiary alicyclic amines) is 1. The molecule has 1 atom stereocenters. The Bertz CT molecular complexity index is 818. The third-order valence-electron chi connectivity index (χ3n) is 4.90. The van der Waals surface area contributed by atoms with Crippen molar-refractivity contribution in [3.63, 3.8) is 0 Å². The van der Waals surface area contributed by atoms with Crippen LogP contribution < -0.4 is 9.64 Å². The Morgan fingerprint density at radius 2 is 2.11 bits per heavy atom. The van der Waals surface area contributed by atoms with Gasteiger partial charge in [0.2, 0.25) is 5.95 Å². The number of alkyl halides is 3. The molecule has 1 aliphatic heterocycles. The summed E-state index contributed by atoms with van der Waals surface area (Å²) in [6.45, 7) is 2.44. The lowest BCUT2D eigenvalue weighted by molar-refractivity contribution is -0.141. The monoisotopic (exact) mass is 458 g/mol. The van der Waals surface area contributed by atoms with Gasteiger partial charge in [-0.15, -0.1) is 0 Å². The molecule has 3 rings (SSSR count). The summed E-state index contributed by atoms with van der Waals surface area (Å²) >= 11 is 3.50. The first kappa shape index (κ1) is 20.9. The van der Waals surface area contributed by atoms with Crippen LogP contribution in [0.3, 0.4) is 0 Å². The Morgan fingerprint density at radius 1 is 1.32 bits per heavy atom. The van der Waals surface area contributed by atoms with Gasteiger partial charge in [0.25, 0.3) is 0 Å². The topological polar surface area (TPSA) is 41.5 Å². The summed E-state index contributed by atoms with van der Waals surface area (Å²) < 4.78 is 45.0. The van der Waals surface area contributed by atoms with Crippen molar-refractivity contribution in [3.8, 4) is 5.75 Å². The molecule has 0 amide bonds. The molecule has 0 aliphatic carbocycles. The fourth-order valence-electron chi connectivity index (χ4n) is 3.40. The second-order valence-corrected chi connectivity index (χ2v) is 7.70. The highest BCUT2D eigenvalue weighted by Crippen LogP contribution is 2.29. The predicted octanol–water partition coefficient (Wildman–Crippen LogP) is 4.37. The van der Waals surface area contributed by atoms with Gasteiger partial charge in [0.15, 0.2) is 0 Å². The number of aromatic nitrogens is 2. The van der Waals surface area contributed by atoms with Gasteiger partial charge >= 0.3 is 6.18 Å². The van der Waals surface area contributed by atoms with Crippen LogP contribution in [0.1, 0.15) is 24.1 Å². The molecular weight excluding hydrogens is 437 g/mol. The third kappa shape index (κ3) is 4.94. The van der Waals surface area contributed by atoms with E-state index in [1.165, 1.54) is 0 Å². The number of nitrogens with zero attached hydrogens (tertiary/aromatic N) is 4. The summed E-state index contributed by atoms with van der Waals surface area (Å²) in [5, 5.41) is 0. The molecule has 28 heavy (non-hydrogen) atoms. The highest BCUT2D eigenvalue weighted by Gasteiger charge is 2.34. The first-order valence-corrected chi connectivity index (χ1v) is 9.75. The minimum Gasteiger partial charge on any atom is -0.496 e. The molecule has 2 aromatic rings. The van der Waals surface area contributed by atoms with Gasteiger partial charge < -0.3 is 9.64 Å². The zero-order chi connectivity index (χ0) is 20.3. The van der Waals surface area contributed by atoms with Crippen LogP contribution in [0.4, 0.5) is 19.1 Å². The number of halogens is 4. The molecule has 1 aliphatic rings. The molecule has 0 bridgehead atoms. The molecule has 0 saturated carbocycles. The van der Waals surface area contributed by atoms with E-state index in [9.17, 15) is 13.2 Å². The van der Waals surface area contributed by atoms with Crippen molar-refractivity contribution in [1.82, 2.24) is 14.9 Å². The van der Waals surface area contributed by atoms with E-state index in [-0.39, 0.29) is 12.0 Å². The van der Waals surface area contributed by atoms with E-state index >= 15 is 0 Å². The summed E-state index contributed by atoms with van der Waals surface area (Å²) in [4.78, 5) is 11.8. The van der Waals surface area contributed by atoms with Crippen LogP contribution in [-0.4, -0.2) is 48.2 Å². The van der Waals surface area contributed by atoms with E-state index in [0.29, 0.717) is 0 Å². The Kier molecular flexibility index (Phi) is 6.44. The Morgan fingerprint density at radius 3 is 2.79 bits per heavy atom. The minimum atomic E-state index is -4.47. The third-order valence-corrected chi connectivity index (χ3v) is 5.52. The molecule has 1 fully saturated rings. The molecule has 5 nitrogen and oxygen atoms in total. The normalized spacial score (nSPS) is 18.1. The zero-order valence-electron chi connectivity index (χ0n) is 15.7. The SMILES string of the molecule is COc1ccc(CN2CCCC(N(C)c3nccc(C(F)(F)F)n3)C2)cc1Br. The van der Waals surface area contributed by atoms with Crippen molar-refractivity contribution in [2.24, 2.45) is 0 Å². The van der Waals surface area contributed by atoms with E-state index in [0.717, 1.165) is 60.5 Å². The lowest BCUT2D eigenvalue weighted by atomic mass is 10.0. The van der Waals surface area contributed by atoms with Crippen LogP contribution in [0, 0.1) is 0 Å². The summed E-state index contributed by atoms with van der Waals surface area (Å²) in [6, 6.07) is 6.92. The Labute approximate surface area is 170 Å². The average molecular weight is 459 g/mol. The number of methoxy groups -OCH3 is 1. The first-order valence-electron chi connectivity index (χ1n) is 8.96.